The maximum atomic E-state index is 12.5. The third kappa shape index (κ3) is 1.44. The van der Waals surface area contributed by atoms with Gasteiger partial charge in [0.05, 0.1) is 0 Å². The summed E-state index contributed by atoms with van der Waals surface area (Å²) in [7, 11) is 0. The molecule has 1 fully saturated rings. The quantitative estimate of drug-likeness (QED) is 0.539. The molecule has 0 aromatic rings. The van der Waals surface area contributed by atoms with Crippen molar-refractivity contribution in [1.82, 2.24) is 0 Å². The lowest BCUT2D eigenvalue weighted by Gasteiger charge is -2.02. The predicted octanol–water partition coefficient (Wildman–Crippen LogP) is 2.64. The van der Waals surface area contributed by atoms with Gasteiger partial charge in [-0.2, -0.15) is 0 Å². The molecule has 1 aliphatic rings. The van der Waals surface area contributed by atoms with E-state index in [1.54, 1.807) is 6.92 Å². The molecule has 0 bridgehead atoms. The van der Waals surface area contributed by atoms with E-state index >= 15 is 0 Å². The highest BCUT2D eigenvalue weighted by molar-refractivity contribution is 4.91. The van der Waals surface area contributed by atoms with Gasteiger partial charge in [0.15, 0.2) is 0 Å². The number of rotatable bonds is 2. The minimum atomic E-state index is -0.572. The lowest BCUT2D eigenvalue weighted by Crippen LogP contribution is -2.01. The molecular formula is C8H15F. The van der Waals surface area contributed by atoms with Crippen LogP contribution in [0.15, 0.2) is 0 Å². The van der Waals surface area contributed by atoms with Crippen molar-refractivity contribution in [3.63, 3.8) is 0 Å². The summed E-state index contributed by atoms with van der Waals surface area (Å²) in [6.45, 7) is 6.02. The van der Waals surface area contributed by atoms with E-state index < -0.39 is 6.17 Å². The van der Waals surface area contributed by atoms with Gasteiger partial charge in [-0.1, -0.05) is 13.8 Å². The van der Waals surface area contributed by atoms with Crippen molar-refractivity contribution in [3.8, 4) is 0 Å². The highest BCUT2D eigenvalue weighted by Gasteiger charge is 2.42. The van der Waals surface area contributed by atoms with Crippen molar-refractivity contribution in [3.05, 3.63) is 0 Å². The van der Waals surface area contributed by atoms with Crippen LogP contribution in [0.2, 0.25) is 0 Å². The van der Waals surface area contributed by atoms with Crippen LogP contribution in [0.1, 0.15) is 27.2 Å². The van der Waals surface area contributed by atoms with Crippen LogP contribution in [0.5, 0.6) is 0 Å². The van der Waals surface area contributed by atoms with E-state index in [4.69, 9.17) is 0 Å². The molecule has 3 atom stereocenters. The first-order valence-corrected chi connectivity index (χ1v) is 3.77. The fraction of sp³-hybridized carbons (Fsp3) is 1.00. The average molecular weight is 130 g/mol. The minimum Gasteiger partial charge on any atom is -0.247 e. The maximum Gasteiger partial charge on any atom is 0.100 e. The van der Waals surface area contributed by atoms with Crippen LogP contribution in [0.3, 0.4) is 0 Å². The van der Waals surface area contributed by atoms with Gasteiger partial charge in [-0.25, -0.2) is 4.39 Å². The zero-order valence-electron chi connectivity index (χ0n) is 6.39. The van der Waals surface area contributed by atoms with Gasteiger partial charge in [-0.05, 0) is 31.1 Å². The molecule has 1 unspecified atom stereocenters. The first-order chi connectivity index (χ1) is 4.13. The smallest absolute Gasteiger partial charge is 0.100 e. The van der Waals surface area contributed by atoms with Gasteiger partial charge in [0.1, 0.15) is 6.17 Å². The summed E-state index contributed by atoms with van der Waals surface area (Å²) < 4.78 is 12.5. The van der Waals surface area contributed by atoms with Crippen molar-refractivity contribution < 1.29 is 4.39 Å². The van der Waals surface area contributed by atoms with Crippen LogP contribution in [0, 0.1) is 17.8 Å². The minimum absolute atomic E-state index is 0.394. The maximum absolute atomic E-state index is 12.5. The zero-order valence-corrected chi connectivity index (χ0v) is 6.39. The Labute approximate surface area is 56.5 Å². The molecule has 0 aromatic carbocycles. The van der Waals surface area contributed by atoms with Gasteiger partial charge in [0.25, 0.3) is 0 Å². The summed E-state index contributed by atoms with van der Waals surface area (Å²) in [5.74, 6) is 1.77. The Kier molecular flexibility index (Phi) is 1.78. The second-order valence-electron chi connectivity index (χ2n) is 3.48. The van der Waals surface area contributed by atoms with Crippen molar-refractivity contribution in [2.75, 3.05) is 0 Å². The molecule has 0 heterocycles. The third-order valence-corrected chi connectivity index (χ3v) is 2.34. The Morgan fingerprint density at radius 1 is 1.22 bits per heavy atom. The third-order valence-electron chi connectivity index (χ3n) is 2.34. The van der Waals surface area contributed by atoms with Crippen LogP contribution in [0.4, 0.5) is 4.39 Å². The summed E-state index contributed by atoms with van der Waals surface area (Å²) in [6.07, 6.45) is 0.549. The van der Waals surface area contributed by atoms with Crippen LogP contribution >= 0.6 is 0 Å². The van der Waals surface area contributed by atoms with Crippen LogP contribution in [0.25, 0.3) is 0 Å². The summed E-state index contributed by atoms with van der Waals surface area (Å²) in [4.78, 5) is 0. The van der Waals surface area contributed by atoms with Crippen molar-refractivity contribution >= 4 is 0 Å². The van der Waals surface area contributed by atoms with E-state index in [9.17, 15) is 4.39 Å². The van der Waals surface area contributed by atoms with Gasteiger partial charge in [-0.15, -0.1) is 0 Å². The largest absolute Gasteiger partial charge is 0.247 e. The fourth-order valence-corrected chi connectivity index (χ4v) is 1.53. The van der Waals surface area contributed by atoms with E-state index in [0.29, 0.717) is 17.8 Å². The summed E-state index contributed by atoms with van der Waals surface area (Å²) in [5.41, 5.74) is 0. The van der Waals surface area contributed by atoms with Crippen LogP contribution in [-0.2, 0) is 0 Å². The molecule has 0 nitrogen and oxygen atoms in total. The SMILES string of the molecule is CC(C)[C@H]1C[C@H]1C(C)F. The van der Waals surface area contributed by atoms with Crippen molar-refractivity contribution in [1.29, 1.82) is 0 Å². The monoisotopic (exact) mass is 130 g/mol. The van der Waals surface area contributed by atoms with Crippen molar-refractivity contribution in [2.45, 2.75) is 33.4 Å². The van der Waals surface area contributed by atoms with E-state index in [-0.39, 0.29) is 0 Å². The van der Waals surface area contributed by atoms with Gasteiger partial charge >= 0.3 is 0 Å². The zero-order chi connectivity index (χ0) is 7.02. The van der Waals surface area contributed by atoms with Gasteiger partial charge in [0, 0.05) is 0 Å². The standard InChI is InChI=1S/C8H15F/c1-5(2)7-4-8(7)6(3)9/h5-8H,4H2,1-3H3/t6?,7-,8+/m1/s1. The number of hydrogen-bond donors (Lipinski definition) is 0. The lowest BCUT2D eigenvalue weighted by atomic mass is 10.1. The highest BCUT2D eigenvalue weighted by Crippen LogP contribution is 2.47. The Hall–Kier alpha value is -0.0700. The molecule has 1 saturated carbocycles. The molecule has 0 aromatic heterocycles. The first kappa shape index (κ1) is 7.04. The second kappa shape index (κ2) is 2.28. The van der Waals surface area contributed by atoms with Crippen LogP contribution in [-0.4, -0.2) is 6.17 Å². The Morgan fingerprint density at radius 3 is 1.89 bits per heavy atom. The number of alkyl halides is 1. The molecule has 0 aliphatic heterocycles. The molecule has 0 saturated heterocycles. The molecule has 0 spiro atoms. The highest BCUT2D eigenvalue weighted by atomic mass is 19.1. The Balaban J connectivity index is 2.24. The molecular weight excluding hydrogens is 115 g/mol. The molecule has 1 rings (SSSR count). The fourth-order valence-electron chi connectivity index (χ4n) is 1.53. The Bertz CT molecular complexity index is 84.7. The molecule has 1 aliphatic carbocycles. The summed E-state index contributed by atoms with van der Waals surface area (Å²) in [6, 6.07) is 0. The van der Waals surface area contributed by atoms with Crippen molar-refractivity contribution in [2.24, 2.45) is 17.8 Å². The summed E-state index contributed by atoms with van der Waals surface area (Å²) >= 11 is 0. The average Bonchev–Trinajstić information content (AvgIpc) is 2.39. The lowest BCUT2D eigenvalue weighted by molar-refractivity contribution is 0.298. The molecule has 0 amide bonds. The summed E-state index contributed by atoms with van der Waals surface area (Å²) in [5, 5.41) is 0. The number of halogens is 1. The van der Waals surface area contributed by atoms with E-state index in [1.807, 2.05) is 0 Å². The second-order valence-corrected chi connectivity index (χ2v) is 3.48. The van der Waals surface area contributed by atoms with E-state index in [0.717, 1.165) is 6.42 Å². The topological polar surface area (TPSA) is 0 Å². The molecule has 0 radical (unpaired) electrons. The molecule has 1 heteroatoms. The van der Waals surface area contributed by atoms with E-state index in [1.165, 1.54) is 0 Å². The normalized spacial score (nSPS) is 37.0. The first-order valence-electron chi connectivity index (χ1n) is 3.77. The molecule has 9 heavy (non-hydrogen) atoms. The van der Waals surface area contributed by atoms with Crippen LogP contribution < -0.4 is 0 Å². The predicted molar refractivity (Wildman–Crippen MR) is 37.0 cm³/mol. The van der Waals surface area contributed by atoms with E-state index in [2.05, 4.69) is 13.8 Å². The Morgan fingerprint density at radius 2 is 1.78 bits per heavy atom. The van der Waals surface area contributed by atoms with Gasteiger partial charge in [-0.3, -0.25) is 0 Å². The van der Waals surface area contributed by atoms with Gasteiger partial charge < -0.3 is 0 Å². The number of hydrogen-bond acceptors (Lipinski definition) is 0. The van der Waals surface area contributed by atoms with Gasteiger partial charge in [0.2, 0.25) is 0 Å². The molecule has 0 N–H and O–H groups in total. The molecule has 54 valence electrons.